The Labute approximate surface area is 247 Å². The first kappa shape index (κ1) is 34.4. The predicted molar refractivity (Wildman–Crippen MR) is 157 cm³/mol. The number of hydrogen-bond donors (Lipinski definition) is 3. The number of Topliss-reactive ketones (excluding diaryl/α,β-unsaturated/α-hetero) is 1. The summed E-state index contributed by atoms with van der Waals surface area (Å²) in [5.41, 5.74) is -1.32. The molecular formula is C33H58O8. The van der Waals surface area contributed by atoms with E-state index in [1.807, 2.05) is 34.6 Å². The summed E-state index contributed by atoms with van der Waals surface area (Å²) in [4.78, 5) is 25.4. The van der Waals surface area contributed by atoms with E-state index in [0.717, 1.165) is 25.7 Å². The molecule has 3 aliphatic heterocycles. The maximum Gasteiger partial charge on any atom is 0.305 e. The highest BCUT2D eigenvalue weighted by molar-refractivity contribution is 5.84. The first-order chi connectivity index (χ1) is 19.1. The fourth-order valence-electron chi connectivity index (χ4n) is 8.27. The molecule has 3 saturated heterocycles. The van der Waals surface area contributed by atoms with Crippen LogP contribution in [0.4, 0.5) is 0 Å². The molecule has 0 saturated carbocycles. The van der Waals surface area contributed by atoms with Gasteiger partial charge >= 0.3 is 5.97 Å². The van der Waals surface area contributed by atoms with Crippen molar-refractivity contribution in [3.8, 4) is 0 Å². The minimum Gasteiger partial charge on any atom is -0.481 e. The van der Waals surface area contributed by atoms with Crippen molar-refractivity contribution in [2.75, 3.05) is 0 Å². The summed E-state index contributed by atoms with van der Waals surface area (Å²) in [5.74, 6) is -1.75. The summed E-state index contributed by atoms with van der Waals surface area (Å²) in [6, 6.07) is 0. The third-order valence-electron chi connectivity index (χ3n) is 11.2. The standard InChI is InChI=1S/C33H58O8/c1-10-24(31-20(6)17-33(12-3,41-31)26-13-14-32(38,11-2)23(9)39-26)29(37)21(7)28(36)22(8)30-19(5)15-18(4)25(40-30)16-27(34)35/h18-26,28,30-31,36,38H,10-17H2,1-9H3,(H,34,35)/t18-,19-,20+,21+,22-,23+,24+,25-,26-,28+,30+,31+,32-,33+/m1/s1. The zero-order valence-corrected chi connectivity index (χ0v) is 27.0. The molecule has 0 aromatic heterocycles. The number of carboxylic acid groups (broad SMARTS) is 1. The largest absolute Gasteiger partial charge is 0.481 e. The SMILES string of the molecule is CC[C@@H](C(=O)[C@@H](C)[C@H](O)[C@@H](C)[C@H]1O[C@H](CC(=O)O)[C@H](C)C[C@H]1C)[C@H]1O[C@](CC)([C@H]2CC[C@](O)(CC)[C@H](C)O2)C[C@@H]1C. The van der Waals surface area contributed by atoms with Gasteiger partial charge in [-0.05, 0) is 69.6 Å². The lowest BCUT2D eigenvalue weighted by Gasteiger charge is -2.47. The number of carbonyl (C=O) groups is 2. The normalized spacial score (nSPS) is 42.8. The molecule has 8 nitrogen and oxygen atoms in total. The van der Waals surface area contributed by atoms with Crippen molar-refractivity contribution < 1.29 is 39.1 Å². The number of aliphatic hydroxyl groups excluding tert-OH is 1. The molecular weight excluding hydrogens is 524 g/mol. The van der Waals surface area contributed by atoms with E-state index in [1.54, 1.807) is 6.92 Å². The lowest BCUT2D eigenvalue weighted by atomic mass is 9.74. The van der Waals surface area contributed by atoms with Crippen molar-refractivity contribution in [1.82, 2.24) is 0 Å². The van der Waals surface area contributed by atoms with Gasteiger partial charge in [-0.1, -0.05) is 55.4 Å². The zero-order chi connectivity index (χ0) is 30.9. The van der Waals surface area contributed by atoms with Crippen molar-refractivity contribution in [3.05, 3.63) is 0 Å². The second-order valence-electron chi connectivity index (χ2n) is 13.9. The van der Waals surface area contributed by atoms with Gasteiger partial charge in [-0.25, -0.2) is 0 Å². The third-order valence-corrected chi connectivity index (χ3v) is 11.2. The fraction of sp³-hybridized carbons (Fsp3) is 0.939. The Balaban J connectivity index is 1.72. The summed E-state index contributed by atoms with van der Waals surface area (Å²) in [6.07, 6.45) is 2.67. The van der Waals surface area contributed by atoms with Crippen molar-refractivity contribution in [1.29, 1.82) is 0 Å². The Morgan fingerprint density at radius 2 is 1.61 bits per heavy atom. The topological polar surface area (TPSA) is 123 Å². The van der Waals surface area contributed by atoms with Crippen LogP contribution in [-0.4, -0.2) is 74.9 Å². The molecule has 14 atom stereocenters. The van der Waals surface area contributed by atoms with Gasteiger partial charge in [0.15, 0.2) is 0 Å². The molecule has 0 bridgehead atoms. The Hall–Kier alpha value is -1.06. The van der Waals surface area contributed by atoms with Crippen LogP contribution < -0.4 is 0 Å². The molecule has 41 heavy (non-hydrogen) atoms. The van der Waals surface area contributed by atoms with Crippen LogP contribution >= 0.6 is 0 Å². The number of aliphatic carboxylic acids is 1. The fourth-order valence-corrected chi connectivity index (χ4v) is 8.27. The van der Waals surface area contributed by atoms with Crippen LogP contribution in [0.25, 0.3) is 0 Å². The molecule has 238 valence electrons. The number of aliphatic hydroxyl groups is 2. The minimum atomic E-state index is -0.912. The highest BCUT2D eigenvalue weighted by Crippen LogP contribution is 2.48. The van der Waals surface area contributed by atoms with Crippen LogP contribution in [0.1, 0.15) is 114 Å². The molecule has 8 heteroatoms. The minimum absolute atomic E-state index is 0.00723. The maximum absolute atomic E-state index is 14.0. The van der Waals surface area contributed by atoms with Crippen LogP contribution in [0, 0.1) is 35.5 Å². The van der Waals surface area contributed by atoms with Gasteiger partial charge in [-0.3, -0.25) is 9.59 Å². The molecule has 0 unspecified atom stereocenters. The summed E-state index contributed by atoms with van der Waals surface area (Å²) in [5, 5.41) is 31.7. The van der Waals surface area contributed by atoms with Crippen LogP contribution in [0.15, 0.2) is 0 Å². The van der Waals surface area contributed by atoms with Crippen LogP contribution in [0.3, 0.4) is 0 Å². The second-order valence-corrected chi connectivity index (χ2v) is 13.9. The van der Waals surface area contributed by atoms with E-state index >= 15 is 0 Å². The average Bonchev–Trinajstić information content (AvgIpc) is 3.27. The first-order valence-electron chi connectivity index (χ1n) is 16.3. The van der Waals surface area contributed by atoms with Crippen molar-refractivity contribution in [2.45, 2.75) is 162 Å². The van der Waals surface area contributed by atoms with E-state index in [0.29, 0.717) is 19.3 Å². The predicted octanol–water partition coefficient (Wildman–Crippen LogP) is 5.40. The lowest BCUT2D eigenvalue weighted by Crippen LogP contribution is -2.55. The number of ketones is 1. The van der Waals surface area contributed by atoms with Gasteiger partial charge < -0.3 is 29.5 Å². The molecule has 3 heterocycles. The number of carboxylic acids is 1. The molecule has 3 N–H and O–H groups in total. The first-order valence-corrected chi connectivity index (χ1v) is 16.3. The monoisotopic (exact) mass is 582 g/mol. The molecule has 0 radical (unpaired) electrons. The van der Waals surface area contributed by atoms with Crippen LogP contribution in [-0.2, 0) is 23.8 Å². The Morgan fingerprint density at radius 3 is 2.15 bits per heavy atom. The van der Waals surface area contributed by atoms with Crippen LogP contribution in [0.2, 0.25) is 0 Å². The Morgan fingerprint density at radius 1 is 0.951 bits per heavy atom. The highest BCUT2D eigenvalue weighted by Gasteiger charge is 2.55. The van der Waals surface area contributed by atoms with E-state index < -0.39 is 35.3 Å². The van der Waals surface area contributed by atoms with Crippen molar-refractivity contribution in [3.63, 3.8) is 0 Å². The van der Waals surface area contributed by atoms with E-state index in [9.17, 15) is 24.9 Å². The number of carbonyl (C=O) groups excluding carboxylic acids is 1. The molecule has 0 aromatic rings. The van der Waals surface area contributed by atoms with Gasteiger partial charge in [0.1, 0.15) is 5.78 Å². The van der Waals surface area contributed by atoms with Crippen molar-refractivity contribution in [2.24, 2.45) is 35.5 Å². The van der Waals surface area contributed by atoms with Gasteiger partial charge in [0.05, 0.1) is 54.2 Å². The molecule has 0 spiro atoms. The van der Waals surface area contributed by atoms with E-state index in [4.69, 9.17) is 14.2 Å². The second kappa shape index (κ2) is 13.7. The number of ether oxygens (including phenoxy) is 3. The van der Waals surface area contributed by atoms with E-state index in [-0.39, 0.29) is 66.2 Å². The van der Waals surface area contributed by atoms with E-state index in [1.165, 1.54) is 0 Å². The Kier molecular flexibility index (Phi) is 11.5. The van der Waals surface area contributed by atoms with Gasteiger partial charge in [-0.2, -0.15) is 0 Å². The van der Waals surface area contributed by atoms with Gasteiger partial charge in [-0.15, -0.1) is 0 Å². The smallest absolute Gasteiger partial charge is 0.305 e. The summed E-state index contributed by atoms with van der Waals surface area (Å²) >= 11 is 0. The number of hydrogen-bond acceptors (Lipinski definition) is 7. The molecule has 3 fully saturated rings. The summed E-state index contributed by atoms with van der Waals surface area (Å²) < 4.78 is 19.6. The molecule has 0 aliphatic carbocycles. The highest BCUT2D eigenvalue weighted by atomic mass is 16.6. The maximum atomic E-state index is 14.0. The van der Waals surface area contributed by atoms with Crippen molar-refractivity contribution >= 4 is 11.8 Å². The van der Waals surface area contributed by atoms with Gasteiger partial charge in [0.25, 0.3) is 0 Å². The quantitative estimate of drug-likeness (QED) is 0.280. The van der Waals surface area contributed by atoms with Gasteiger partial charge in [0, 0.05) is 17.8 Å². The van der Waals surface area contributed by atoms with Crippen LogP contribution in [0.5, 0.6) is 0 Å². The van der Waals surface area contributed by atoms with E-state index in [2.05, 4.69) is 20.8 Å². The number of rotatable bonds is 12. The average molecular weight is 583 g/mol. The summed E-state index contributed by atoms with van der Waals surface area (Å²) in [6.45, 7) is 18.0. The molecule has 0 aromatic carbocycles. The van der Waals surface area contributed by atoms with Gasteiger partial charge in [0.2, 0.25) is 0 Å². The third kappa shape index (κ3) is 7.03. The molecule has 3 rings (SSSR count). The molecule has 3 aliphatic rings. The zero-order valence-electron chi connectivity index (χ0n) is 27.0. The molecule has 0 amide bonds. The Bertz CT molecular complexity index is 894. The lowest BCUT2D eigenvalue weighted by molar-refractivity contribution is -0.229. The summed E-state index contributed by atoms with van der Waals surface area (Å²) in [7, 11) is 0.